The molecule has 8 heteroatoms. The number of rotatable bonds is 6. The maximum absolute atomic E-state index is 13.2. The van der Waals surface area contributed by atoms with E-state index in [1.165, 1.54) is 12.1 Å². The Morgan fingerprint density at radius 1 is 1.37 bits per heavy atom. The number of benzene rings is 1. The first-order valence-electron chi connectivity index (χ1n) is 8.65. The number of carbonyl (C=O) groups is 2. The van der Waals surface area contributed by atoms with E-state index in [9.17, 15) is 14.0 Å². The van der Waals surface area contributed by atoms with Crippen molar-refractivity contribution in [2.24, 2.45) is 0 Å². The van der Waals surface area contributed by atoms with Gasteiger partial charge in [-0.3, -0.25) is 19.5 Å². The molecule has 1 atom stereocenters. The van der Waals surface area contributed by atoms with E-state index >= 15 is 0 Å². The number of aromatic nitrogens is 1. The molecule has 1 saturated heterocycles. The average Bonchev–Trinajstić information content (AvgIpc) is 2.66. The number of halogens is 2. The second kappa shape index (κ2) is 8.92. The molecule has 0 saturated carbocycles. The number of amides is 2. The number of pyridine rings is 1. The third-order valence-electron chi connectivity index (χ3n) is 4.40. The van der Waals surface area contributed by atoms with Gasteiger partial charge in [-0.2, -0.15) is 0 Å². The van der Waals surface area contributed by atoms with E-state index in [0.29, 0.717) is 36.8 Å². The minimum atomic E-state index is -0.608. The van der Waals surface area contributed by atoms with Gasteiger partial charge in [0.25, 0.3) is 0 Å². The normalized spacial score (nSPS) is 17.4. The van der Waals surface area contributed by atoms with E-state index in [-0.39, 0.29) is 18.2 Å². The number of nitrogens with one attached hydrogen (secondary N) is 2. The molecule has 1 aromatic carbocycles. The third-order valence-corrected chi connectivity index (χ3v) is 4.75. The highest BCUT2D eigenvalue weighted by Crippen LogP contribution is 2.21. The van der Waals surface area contributed by atoms with Crippen LogP contribution >= 0.6 is 11.6 Å². The third kappa shape index (κ3) is 5.24. The van der Waals surface area contributed by atoms with Crippen molar-refractivity contribution >= 4 is 23.4 Å². The molecule has 1 aromatic heterocycles. The summed E-state index contributed by atoms with van der Waals surface area (Å²) in [6.07, 6.45) is 1.68. The summed E-state index contributed by atoms with van der Waals surface area (Å²) in [5, 5.41) is 5.88. The van der Waals surface area contributed by atoms with Crippen LogP contribution in [-0.4, -0.2) is 40.8 Å². The van der Waals surface area contributed by atoms with E-state index in [1.54, 1.807) is 18.3 Å². The first-order chi connectivity index (χ1) is 13.0. The first-order valence-corrected chi connectivity index (χ1v) is 9.03. The summed E-state index contributed by atoms with van der Waals surface area (Å²) in [7, 11) is 0. The molecule has 0 spiro atoms. The van der Waals surface area contributed by atoms with Crippen LogP contribution < -0.4 is 10.6 Å². The maximum atomic E-state index is 13.2. The van der Waals surface area contributed by atoms with Crippen LogP contribution in [0.4, 0.5) is 4.39 Å². The molecule has 1 aliphatic rings. The van der Waals surface area contributed by atoms with Crippen LogP contribution in [-0.2, 0) is 22.7 Å². The summed E-state index contributed by atoms with van der Waals surface area (Å²) in [5.41, 5.74) is 1.46. The average molecular weight is 391 g/mol. The van der Waals surface area contributed by atoms with Crippen LogP contribution in [0.5, 0.6) is 0 Å². The monoisotopic (exact) mass is 390 g/mol. The molecule has 2 aromatic rings. The van der Waals surface area contributed by atoms with E-state index in [4.69, 9.17) is 11.6 Å². The number of nitrogens with zero attached hydrogens (tertiary/aromatic N) is 2. The summed E-state index contributed by atoms with van der Waals surface area (Å²) in [4.78, 5) is 30.7. The maximum Gasteiger partial charge on any atom is 0.237 e. The molecule has 0 aliphatic carbocycles. The molecule has 2 N–H and O–H groups in total. The molecule has 2 heterocycles. The van der Waals surface area contributed by atoms with Crippen molar-refractivity contribution in [2.45, 2.75) is 25.6 Å². The molecule has 1 fully saturated rings. The van der Waals surface area contributed by atoms with Crippen LogP contribution in [0.25, 0.3) is 0 Å². The number of hydrogen-bond donors (Lipinski definition) is 2. The van der Waals surface area contributed by atoms with Crippen LogP contribution in [0, 0.1) is 5.82 Å². The molecule has 6 nitrogen and oxygen atoms in total. The Labute approximate surface area is 161 Å². The Balaban J connectivity index is 1.63. The second-order valence-electron chi connectivity index (χ2n) is 6.31. The molecular weight excluding hydrogens is 371 g/mol. The predicted octanol–water partition coefficient (Wildman–Crippen LogP) is 1.88. The fourth-order valence-corrected chi connectivity index (χ4v) is 3.21. The lowest BCUT2D eigenvalue weighted by Crippen LogP contribution is -2.56. The molecule has 3 rings (SSSR count). The summed E-state index contributed by atoms with van der Waals surface area (Å²) in [6, 6.07) is 9.03. The first kappa shape index (κ1) is 19.3. The number of carbonyl (C=O) groups excluding carboxylic acids is 2. The Morgan fingerprint density at radius 3 is 2.96 bits per heavy atom. The highest BCUT2D eigenvalue weighted by molar-refractivity contribution is 6.31. The smallest absolute Gasteiger partial charge is 0.237 e. The number of piperazine rings is 1. The van der Waals surface area contributed by atoms with Crippen molar-refractivity contribution in [3.8, 4) is 0 Å². The van der Waals surface area contributed by atoms with Crippen molar-refractivity contribution in [2.75, 3.05) is 13.1 Å². The Kier molecular flexibility index (Phi) is 6.36. The lowest BCUT2D eigenvalue weighted by Gasteiger charge is -2.34. The van der Waals surface area contributed by atoms with Gasteiger partial charge in [0.2, 0.25) is 11.8 Å². The molecule has 0 bridgehead atoms. The molecular formula is C19H20ClFN4O2. The molecule has 142 valence electrons. The number of hydrogen-bond acceptors (Lipinski definition) is 4. The molecule has 1 aliphatic heterocycles. The highest BCUT2D eigenvalue weighted by atomic mass is 35.5. The molecule has 1 unspecified atom stereocenters. The Hall–Kier alpha value is -2.51. The predicted molar refractivity (Wildman–Crippen MR) is 99.3 cm³/mol. The molecule has 0 radical (unpaired) electrons. The lowest BCUT2D eigenvalue weighted by atomic mass is 10.1. The van der Waals surface area contributed by atoms with E-state index < -0.39 is 11.9 Å². The highest BCUT2D eigenvalue weighted by Gasteiger charge is 2.31. The van der Waals surface area contributed by atoms with Crippen molar-refractivity contribution in [3.05, 3.63) is 64.7 Å². The summed E-state index contributed by atoms with van der Waals surface area (Å²) in [5.74, 6) is -0.851. The second-order valence-corrected chi connectivity index (χ2v) is 6.72. The fraction of sp³-hybridized carbons (Fsp3) is 0.316. The van der Waals surface area contributed by atoms with Crippen LogP contribution in [0.1, 0.15) is 17.7 Å². The van der Waals surface area contributed by atoms with E-state index in [0.717, 1.165) is 5.69 Å². The minimum Gasteiger partial charge on any atom is -0.353 e. The van der Waals surface area contributed by atoms with Crippen molar-refractivity contribution in [1.82, 2.24) is 20.5 Å². The summed E-state index contributed by atoms with van der Waals surface area (Å²) >= 11 is 6.10. The van der Waals surface area contributed by atoms with Crippen molar-refractivity contribution < 1.29 is 14.0 Å². The van der Waals surface area contributed by atoms with Crippen molar-refractivity contribution in [1.29, 1.82) is 0 Å². The van der Waals surface area contributed by atoms with Gasteiger partial charge in [-0.05, 0) is 29.8 Å². The topological polar surface area (TPSA) is 74.3 Å². The standard InChI is InChI=1S/C19H20ClFN4O2/c20-16-9-14(21)5-4-13(16)12-25-8-7-23-19(27)17(25)10-18(26)24-11-15-3-1-2-6-22-15/h1-6,9,17H,7-8,10-12H2,(H,23,27)(H,24,26). The quantitative estimate of drug-likeness (QED) is 0.789. The van der Waals surface area contributed by atoms with Gasteiger partial charge < -0.3 is 10.6 Å². The SMILES string of the molecule is O=C(CC1C(=O)NCCN1Cc1ccc(F)cc1Cl)NCc1ccccn1. The lowest BCUT2D eigenvalue weighted by molar-refractivity contribution is -0.134. The van der Waals surface area contributed by atoms with Gasteiger partial charge in [0.15, 0.2) is 0 Å². The largest absolute Gasteiger partial charge is 0.353 e. The fourth-order valence-electron chi connectivity index (χ4n) is 2.98. The van der Waals surface area contributed by atoms with Crippen molar-refractivity contribution in [3.63, 3.8) is 0 Å². The van der Waals surface area contributed by atoms with Gasteiger partial charge in [0.1, 0.15) is 5.82 Å². The zero-order chi connectivity index (χ0) is 19.2. The van der Waals surface area contributed by atoms with Crippen LogP contribution in [0.15, 0.2) is 42.6 Å². The van der Waals surface area contributed by atoms with Gasteiger partial charge >= 0.3 is 0 Å². The van der Waals surface area contributed by atoms with E-state index in [1.807, 2.05) is 17.0 Å². The van der Waals surface area contributed by atoms with Crippen LogP contribution in [0.2, 0.25) is 5.02 Å². The van der Waals surface area contributed by atoms with Gasteiger partial charge in [-0.1, -0.05) is 23.7 Å². The van der Waals surface area contributed by atoms with Gasteiger partial charge in [0, 0.05) is 30.9 Å². The van der Waals surface area contributed by atoms with Gasteiger partial charge in [0.05, 0.1) is 24.7 Å². The summed E-state index contributed by atoms with van der Waals surface area (Å²) in [6.45, 7) is 1.74. The van der Waals surface area contributed by atoms with Crippen LogP contribution in [0.3, 0.4) is 0 Å². The van der Waals surface area contributed by atoms with Gasteiger partial charge in [-0.15, -0.1) is 0 Å². The summed E-state index contributed by atoms with van der Waals surface area (Å²) < 4.78 is 13.2. The zero-order valence-corrected chi connectivity index (χ0v) is 15.4. The van der Waals surface area contributed by atoms with Gasteiger partial charge in [-0.25, -0.2) is 4.39 Å². The molecule has 27 heavy (non-hydrogen) atoms. The Bertz CT molecular complexity index is 819. The minimum absolute atomic E-state index is 0.0253. The van der Waals surface area contributed by atoms with E-state index in [2.05, 4.69) is 15.6 Å². The molecule has 2 amide bonds. The zero-order valence-electron chi connectivity index (χ0n) is 14.6. The Morgan fingerprint density at radius 2 is 2.22 bits per heavy atom.